The molecule has 0 radical (unpaired) electrons. The highest BCUT2D eigenvalue weighted by atomic mass is 19.1. The number of hydrogen-bond acceptors (Lipinski definition) is 3. The fourth-order valence-corrected chi connectivity index (χ4v) is 3.39. The standard InChI is InChI=1S/C25H21FN2O3/c1-17-7-12-24(31-16-25(29)30)21(13-17)22-14-23(19-8-10-20(26)11-9-19)28(27-22)15-18-5-3-2-4-6-18/h2-14H,15-16H2,1H3,(H,29,30). The van der Waals surface area contributed by atoms with Gasteiger partial charge in [-0.1, -0.05) is 42.0 Å². The Hall–Kier alpha value is -3.93. The van der Waals surface area contributed by atoms with Crippen molar-refractivity contribution in [3.63, 3.8) is 0 Å². The van der Waals surface area contributed by atoms with Gasteiger partial charge in [0.05, 0.1) is 17.9 Å². The molecule has 1 N–H and O–H groups in total. The first-order chi connectivity index (χ1) is 15.0. The summed E-state index contributed by atoms with van der Waals surface area (Å²) in [7, 11) is 0. The van der Waals surface area contributed by atoms with Gasteiger partial charge in [0, 0.05) is 11.1 Å². The maximum absolute atomic E-state index is 13.5. The van der Waals surface area contributed by atoms with Crippen molar-refractivity contribution in [3.8, 4) is 28.3 Å². The zero-order chi connectivity index (χ0) is 21.8. The molecule has 3 aromatic carbocycles. The van der Waals surface area contributed by atoms with Crippen LogP contribution in [0.15, 0.2) is 78.9 Å². The maximum Gasteiger partial charge on any atom is 0.341 e. The number of aryl methyl sites for hydroxylation is 1. The van der Waals surface area contributed by atoms with Crippen molar-refractivity contribution in [2.45, 2.75) is 13.5 Å². The van der Waals surface area contributed by atoms with E-state index in [0.717, 1.165) is 22.4 Å². The minimum Gasteiger partial charge on any atom is -0.481 e. The summed E-state index contributed by atoms with van der Waals surface area (Å²) in [5, 5.41) is 13.8. The van der Waals surface area contributed by atoms with Gasteiger partial charge in [0.25, 0.3) is 0 Å². The Labute approximate surface area is 179 Å². The number of halogens is 1. The van der Waals surface area contributed by atoms with E-state index in [2.05, 4.69) is 0 Å². The molecular formula is C25H21FN2O3. The van der Waals surface area contributed by atoms with Gasteiger partial charge < -0.3 is 9.84 Å². The van der Waals surface area contributed by atoms with Crippen molar-refractivity contribution in [2.24, 2.45) is 0 Å². The molecule has 0 aliphatic rings. The van der Waals surface area contributed by atoms with Crippen LogP contribution >= 0.6 is 0 Å². The van der Waals surface area contributed by atoms with Crippen molar-refractivity contribution in [2.75, 3.05) is 6.61 Å². The van der Waals surface area contributed by atoms with Gasteiger partial charge in [-0.25, -0.2) is 9.18 Å². The third-order valence-corrected chi connectivity index (χ3v) is 4.86. The molecule has 0 atom stereocenters. The molecule has 0 fully saturated rings. The average Bonchev–Trinajstić information content (AvgIpc) is 3.17. The topological polar surface area (TPSA) is 64.3 Å². The molecule has 0 saturated carbocycles. The lowest BCUT2D eigenvalue weighted by atomic mass is 10.1. The summed E-state index contributed by atoms with van der Waals surface area (Å²) in [6, 6.07) is 23.7. The van der Waals surface area contributed by atoms with Crippen LogP contribution in [0.4, 0.5) is 4.39 Å². The van der Waals surface area contributed by atoms with Gasteiger partial charge in [0.1, 0.15) is 11.6 Å². The van der Waals surface area contributed by atoms with Crippen molar-refractivity contribution in [1.82, 2.24) is 9.78 Å². The van der Waals surface area contributed by atoms with E-state index in [9.17, 15) is 9.18 Å². The van der Waals surface area contributed by atoms with E-state index in [-0.39, 0.29) is 5.82 Å². The van der Waals surface area contributed by atoms with Gasteiger partial charge in [-0.3, -0.25) is 4.68 Å². The minimum absolute atomic E-state index is 0.305. The van der Waals surface area contributed by atoms with Crippen LogP contribution in [0.2, 0.25) is 0 Å². The van der Waals surface area contributed by atoms with Gasteiger partial charge >= 0.3 is 5.97 Å². The third kappa shape index (κ3) is 4.80. The number of ether oxygens (including phenoxy) is 1. The van der Waals surface area contributed by atoms with Crippen LogP contribution in [-0.4, -0.2) is 27.5 Å². The van der Waals surface area contributed by atoms with E-state index in [0.29, 0.717) is 23.6 Å². The molecule has 0 aliphatic heterocycles. The first-order valence-corrected chi connectivity index (χ1v) is 9.83. The number of benzene rings is 3. The summed E-state index contributed by atoms with van der Waals surface area (Å²) < 4.78 is 20.8. The number of rotatable bonds is 7. The molecule has 31 heavy (non-hydrogen) atoms. The number of hydrogen-bond donors (Lipinski definition) is 1. The molecule has 156 valence electrons. The van der Waals surface area contributed by atoms with E-state index in [1.54, 1.807) is 18.2 Å². The lowest BCUT2D eigenvalue weighted by Gasteiger charge is -2.09. The molecule has 1 aromatic heterocycles. The molecule has 0 saturated heterocycles. The number of carboxylic acids is 1. The molecule has 6 heteroatoms. The highest BCUT2D eigenvalue weighted by Crippen LogP contribution is 2.33. The van der Waals surface area contributed by atoms with Gasteiger partial charge in [-0.2, -0.15) is 5.10 Å². The second-order valence-corrected chi connectivity index (χ2v) is 7.25. The smallest absolute Gasteiger partial charge is 0.341 e. The number of carbonyl (C=O) groups is 1. The zero-order valence-electron chi connectivity index (χ0n) is 17.0. The first kappa shape index (κ1) is 20.3. The van der Waals surface area contributed by atoms with Crippen LogP contribution in [0.3, 0.4) is 0 Å². The van der Waals surface area contributed by atoms with E-state index in [1.165, 1.54) is 12.1 Å². The molecule has 4 rings (SSSR count). The third-order valence-electron chi connectivity index (χ3n) is 4.86. The Bertz CT molecular complexity index is 1200. The monoisotopic (exact) mass is 416 g/mol. The van der Waals surface area contributed by atoms with Crippen LogP contribution in [0.25, 0.3) is 22.5 Å². The van der Waals surface area contributed by atoms with Crippen molar-refractivity contribution >= 4 is 5.97 Å². The summed E-state index contributed by atoms with van der Waals surface area (Å²) in [5.74, 6) is -0.905. The molecule has 0 amide bonds. The Morgan fingerprint density at radius 3 is 2.48 bits per heavy atom. The fraction of sp³-hybridized carbons (Fsp3) is 0.120. The highest BCUT2D eigenvalue weighted by Gasteiger charge is 2.16. The molecule has 0 bridgehead atoms. The quantitative estimate of drug-likeness (QED) is 0.451. The van der Waals surface area contributed by atoms with Crippen LogP contribution in [0.1, 0.15) is 11.1 Å². The summed E-state index contributed by atoms with van der Waals surface area (Å²) in [4.78, 5) is 11.0. The largest absolute Gasteiger partial charge is 0.481 e. The van der Waals surface area contributed by atoms with Gasteiger partial charge in [-0.05, 0) is 55.0 Å². The minimum atomic E-state index is -1.05. The SMILES string of the molecule is Cc1ccc(OCC(=O)O)c(-c2cc(-c3ccc(F)cc3)n(Cc3ccccc3)n2)c1. The number of aliphatic carboxylic acids is 1. The predicted molar refractivity (Wildman–Crippen MR) is 116 cm³/mol. The zero-order valence-corrected chi connectivity index (χ0v) is 17.0. The molecule has 0 unspecified atom stereocenters. The number of carboxylic acid groups (broad SMARTS) is 1. The van der Waals surface area contributed by atoms with Crippen molar-refractivity contribution < 1.29 is 19.0 Å². The Kier molecular flexibility index (Phi) is 5.80. The van der Waals surface area contributed by atoms with E-state index in [4.69, 9.17) is 14.9 Å². The lowest BCUT2D eigenvalue weighted by molar-refractivity contribution is -0.139. The number of nitrogens with zero attached hydrogens (tertiary/aromatic N) is 2. The van der Waals surface area contributed by atoms with Crippen molar-refractivity contribution in [3.05, 3.63) is 95.8 Å². The van der Waals surface area contributed by atoms with E-state index >= 15 is 0 Å². The van der Waals surface area contributed by atoms with E-state index < -0.39 is 12.6 Å². The van der Waals surface area contributed by atoms with Crippen LogP contribution < -0.4 is 4.74 Å². The van der Waals surface area contributed by atoms with E-state index in [1.807, 2.05) is 60.1 Å². The summed E-state index contributed by atoms with van der Waals surface area (Å²) in [6.07, 6.45) is 0. The summed E-state index contributed by atoms with van der Waals surface area (Å²) >= 11 is 0. The average molecular weight is 416 g/mol. The Morgan fingerprint density at radius 2 is 1.77 bits per heavy atom. The fourth-order valence-electron chi connectivity index (χ4n) is 3.39. The second kappa shape index (κ2) is 8.83. The molecule has 1 heterocycles. The number of aromatic nitrogens is 2. The molecule has 0 aliphatic carbocycles. The second-order valence-electron chi connectivity index (χ2n) is 7.25. The molecule has 0 spiro atoms. The van der Waals surface area contributed by atoms with Gasteiger partial charge in [-0.15, -0.1) is 0 Å². The van der Waals surface area contributed by atoms with Crippen LogP contribution in [0, 0.1) is 12.7 Å². The molecule has 5 nitrogen and oxygen atoms in total. The Morgan fingerprint density at radius 1 is 1.03 bits per heavy atom. The molecule has 4 aromatic rings. The highest BCUT2D eigenvalue weighted by molar-refractivity contribution is 5.74. The maximum atomic E-state index is 13.5. The summed E-state index contributed by atoms with van der Waals surface area (Å²) in [6.45, 7) is 2.04. The van der Waals surface area contributed by atoms with Crippen molar-refractivity contribution in [1.29, 1.82) is 0 Å². The van der Waals surface area contributed by atoms with Crippen LogP contribution in [0.5, 0.6) is 5.75 Å². The van der Waals surface area contributed by atoms with Gasteiger partial charge in [0.15, 0.2) is 6.61 Å². The lowest BCUT2D eigenvalue weighted by Crippen LogP contribution is -2.10. The normalized spacial score (nSPS) is 10.8. The Balaban J connectivity index is 1.80. The summed E-state index contributed by atoms with van der Waals surface area (Å²) in [5.41, 5.74) is 5.09. The molecular weight excluding hydrogens is 395 g/mol. The van der Waals surface area contributed by atoms with Crippen LogP contribution in [-0.2, 0) is 11.3 Å². The predicted octanol–water partition coefficient (Wildman–Crippen LogP) is 5.18. The van der Waals surface area contributed by atoms with Gasteiger partial charge in [0.2, 0.25) is 0 Å². The first-order valence-electron chi connectivity index (χ1n) is 9.83.